The molecule has 0 N–H and O–H groups in total. The van der Waals surface area contributed by atoms with E-state index in [0.29, 0.717) is 0 Å². The molecule has 0 aliphatic rings. The van der Waals surface area contributed by atoms with Crippen molar-refractivity contribution < 1.29 is 0 Å². The predicted octanol–water partition coefficient (Wildman–Crippen LogP) is 3.00. The maximum Gasteiger partial charge on any atom is -0.0263 e. The highest BCUT2D eigenvalue weighted by molar-refractivity contribution is 4.99. The van der Waals surface area contributed by atoms with Gasteiger partial charge < -0.3 is 0 Å². The second-order valence-corrected chi connectivity index (χ2v) is 2.51. The quantitative estimate of drug-likeness (QED) is 0.482. The third-order valence-corrected chi connectivity index (χ3v) is 1.44. The van der Waals surface area contributed by atoms with Gasteiger partial charge in [-0.25, -0.2) is 0 Å². The van der Waals surface area contributed by atoms with Gasteiger partial charge >= 0.3 is 0 Å². The summed E-state index contributed by atoms with van der Waals surface area (Å²) in [5.74, 6) is 0.731. The van der Waals surface area contributed by atoms with Crippen molar-refractivity contribution in [3.8, 4) is 0 Å². The smallest absolute Gasteiger partial charge is 0.0263 e. The molecule has 0 amide bonds. The van der Waals surface area contributed by atoms with Gasteiger partial charge in [0.05, 0.1) is 0 Å². The van der Waals surface area contributed by atoms with Crippen molar-refractivity contribution in [1.29, 1.82) is 0 Å². The predicted molar refractivity (Wildman–Crippen MR) is 38.9 cm³/mol. The van der Waals surface area contributed by atoms with Gasteiger partial charge in [0.1, 0.15) is 0 Å². The molecular weight excluding hydrogens is 96.1 g/mol. The Kier molecular flexibility index (Phi) is 3.59. The highest BCUT2D eigenvalue weighted by atomic mass is 14.0. The normalized spacial score (nSPS) is 12.9. The Morgan fingerprint density at radius 1 is 1.50 bits per heavy atom. The monoisotopic (exact) mass is 112 g/mol. The van der Waals surface area contributed by atoms with Crippen molar-refractivity contribution in [3.63, 3.8) is 0 Å². The zero-order chi connectivity index (χ0) is 6.57. The average molecular weight is 112 g/mol. The molecule has 0 nitrogen and oxygen atoms in total. The van der Waals surface area contributed by atoms with Crippen molar-refractivity contribution in [2.75, 3.05) is 0 Å². The standard InChI is InChI=1S/C8H16/c1-5-6-8(4)7(2)3/h6-7H,5H2,1-4H3/b8-6-. The van der Waals surface area contributed by atoms with Crippen LogP contribution in [0.5, 0.6) is 0 Å². The van der Waals surface area contributed by atoms with E-state index in [0.717, 1.165) is 5.92 Å². The molecule has 0 spiro atoms. The summed E-state index contributed by atoms with van der Waals surface area (Å²) in [5, 5.41) is 0. The summed E-state index contributed by atoms with van der Waals surface area (Å²) in [6, 6.07) is 0. The number of rotatable bonds is 2. The minimum absolute atomic E-state index is 0.731. The molecule has 0 rings (SSSR count). The van der Waals surface area contributed by atoms with Crippen LogP contribution in [0.1, 0.15) is 34.1 Å². The first kappa shape index (κ1) is 7.74. The van der Waals surface area contributed by atoms with Crippen LogP contribution >= 0.6 is 0 Å². The van der Waals surface area contributed by atoms with Gasteiger partial charge in [-0.3, -0.25) is 0 Å². The van der Waals surface area contributed by atoms with Crippen LogP contribution in [0.15, 0.2) is 11.6 Å². The third-order valence-electron chi connectivity index (χ3n) is 1.44. The molecule has 0 heteroatoms. The first-order chi connectivity index (χ1) is 3.68. The summed E-state index contributed by atoms with van der Waals surface area (Å²) in [7, 11) is 0. The van der Waals surface area contributed by atoms with Crippen molar-refractivity contribution in [2.45, 2.75) is 34.1 Å². The maximum atomic E-state index is 2.28. The van der Waals surface area contributed by atoms with E-state index in [1.165, 1.54) is 12.0 Å². The van der Waals surface area contributed by atoms with Crippen LogP contribution < -0.4 is 0 Å². The molecule has 0 heterocycles. The number of hydrogen-bond donors (Lipinski definition) is 0. The SMILES string of the molecule is CC/C=C(/C)C(C)C. The Hall–Kier alpha value is -0.260. The molecule has 0 unspecified atom stereocenters. The molecule has 0 aliphatic heterocycles. The van der Waals surface area contributed by atoms with Gasteiger partial charge in [0.2, 0.25) is 0 Å². The van der Waals surface area contributed by atoms with E-state index in [1.807, 2.05) is 0 Å². The average Bonchev–Trinajstić information content (AvgIpc) is 1.67. The van der Waals surface area contributed by atoms with Gasteiger partial charge in [0, 0.05) is 0 Å². The van der Waals surface area contributed by atoms with Crippen LogP contribution in [0, 0.1) is 5.92 Å². The molecule has 8 heavy (non-hydrogen) atoms. The fourth-order valence-corrected chi connectivity index (χ4v) is 0.558. The summed E-state index contributed by atoms with van der Waals surface area (Å²) in [5.41, 5.74) is 1.51. The molecule has 0 saturated carbocycles. The van der Waals surface area contributed by atoms with Crippen molar-refractivity contribution in [3.05, 3.63) is 11.6 Å². The van der Waals surface area contributed by atoms with Crippen LogP contribution in [-0.4, -0.2) is 0 Å². The molecule has 0 aliphatic carbocycles. The third kappa shape index (κ3) is 2.84. The minimum atomic E-state index is 0.731. The van der Waals surface area contributed by atoms with E-state index in [9.17, 15) is 0 Å². The fraction of sp³-hybridized carbons (Fsp3) is 0.750. The highest BCUT2D eigenvalue weighted by Crippen LogP contribution is 2.07. The van der Waals surface area contributed by atoms with Crippen LogP contribution in [0.25, 0.3) is 0 Å². The molecule has 0 bridgehead atoms. The van der Waals surface area contributed by atoms with Crippen molar-refractivity contribution in [2.24, 2.45) is 5.92 Å². The van der Waals surface area contributed by atoms with Crippen LogP contribution in [-0.2, 0) is 0 Å². The molecule has 0 radical (unpaired) electrons. The molecule has 0 aromatic rings. The lowest BCUT2D eigenvalue weighted by Crippen LogP contribution is -1.86. The lowest BCUT2D eigenvalue weighted by Gasteiger charge is -2.01. The number of hydrogen-bond acceptors (Lipinski definition) is 0. The van der Waals surface area contributed by atoms with Gasteiger partial charge in [0.15, 0.2) is 0 Å². The van der Waals surface area contributed by atoms with E-state index >= 15 is 0 Å². The van der Waals surface area contributed by atoms with Crippen LogP contribution in [0.2, 0.25) is 0 Å². The summed E-state index contributed by atoms with van der Waals surface area (Å²) < 4.78 is 0. The topological polar surface area (TPSA) is 0 Å². The second kappa shape index (κ2) is 3.71. The summed E-state index contributed by atoms with van der Waals surface area (Å²) in [6.45, 7) is 8.81. The lowest BCUT2D eigenvalue weighted by atomic mass is 10.0. The molecule has 48 valence electrons. The molecule has 0 atom stereocenters. The Balaban J connectivity index is 3.61. The van der Waals surface area contributed by atoms with Gasteiger partial charge in [0.25, 0.3) is 0 Å². The minimum Gasteiger partial charge on any atom is -0.0856 e. The zero-order valence-corrected chi connectivity index (χ0v) is 6.36. The van der Waals surface area contributed by atoms with Gasteiger partial charge in [-0.1, -0.05) is 32.4 Å². The number of allylic oxidation sites excluding steroid dienone is 2. The fourth-order valence-electron chi connectivity index (χ4n) is 0.558. The van der Waals surface area contributed by atoms with E-state index < -0.39 is 0 Å². The molecule has 0 saturated heterocycles. The Morgan fingerprint density at radius 3 is 2.12 bits per heavy atom. The lowest BCUT2D eigenvalue weighted by molar-refractivity contribution is 0.763. The first-order valence-electron chi connectivity index (χ1n) is 3.35. The molecular formula is C8H16. The summed E-state index contributed by atoms with van der Waals surface area (Å²) in [4.78, 5) is 0. The summed E-state index contributed by atoms with van der Waals surface area (Å²) >= 11 is 0. The van der Waals surface area contributed by atoms with Crippen molar-refractivity contribution in [1.82, 2.24) is 0 Å². The van der Waals surface area contributed by atoms with Gasteiger partial charge in [-0.05, 0) is 19.3 Å². The first-order valence-corrected chi connectivity index (χ1v) is 3.35. The molecule has 0 fully saturated rings. The van der Waals surface area contributed by atoms with Crippen LogP contribution in [0.4, 0.5) is 0 Å². The Bertz CT molecular complexity index is 78.0. The van der Waals surface area contributed by atoms with E-state index in [1.54, 1.807) is 0 Å². The zero-order valence-electron chi connectivity index (χ0n) is 6.36. The second-order valence-electron chi connectivity index (χ2n) is 2.51. The molecule has 0 aromatic carbocycles. The van der Waals surface area contributed by atoms with E-state index in [-0.39, 0.29) is 0 Å². The summed E-state index contributed by atoms with van der Waals surface area (Å²) in [6.07, 6.45) is 3.45. The Labute approximate surface area is 52.6 Å². The van der Waals surface area contributed by atoms with Gasteiger partial charge in [-0.15, -0.1) is 0 Å². The van der Waals surface area contributed by atoms with Crippen molar-refractivity contribution >= 4 is 0 Å². The molecule has 0 aromatic heterocycles. The van der Waals surface area contributed by atoms with E-state index in [4.69, 9.17) is 0 Å². The largest absolute Gasteiger partial charge is 0.0856 e. The van der Waals surface area contributed by atoms with Gasteiger partial charge in [-0.2, -0.15) is 0 Å². The van der Waals surface area contributed by atoms with E-state index in [2.05, 4.69) is 33.8 Å². The van der Waals surface area contributed by atoms with Crippen LogP contribution in [0.3, 0.4) is 0 Å². The maximum absolute atomic E-state index is 2.28. The highest BCUT2D eigenvalue weighted by Gasteiger charge is 1.91. The Morgan fingerprint density at radius 2 is 2.00 bits per heavy atom.